The fraction of sp³-hybridized carbons (Fsp3) is 0.667. The van der Waals surface area contributed by atoms with Gasteiger partial charge in [0.2, 0.25) is 5.91 Å². The predicted molar refractivity (Wildman–Crippen MR) is 119 cm³/mol. The van der Waals surface area contributed by atoms with Crippen LogP contribution in [0.5, 0.6) is 0 Å². The molecule has 1 saturated carbocycles. The molecule has 1 aromatic carbocycles. The number of carbonyl (C=O) groups excluding carboxylic acids is 2. The molecule has 1 aliphatic carbocycles. The number of anilines is 1. The fourth-order valence-electron chi connectivity index (χ4n) is 5.14. The summed E-state index contributed by atoms with van der Waals surface area (Å²) in [5.74, 6) is 1.05. The molecule has 0 atom stereocenters. The first kappa shape index (κ1) is 21.2. The van der Waals surface area contributed by atoms with E-state index in [-0.39, 0.29) is 11.9 Å². The standard InChI is InChI=1S/C24H36N4O2/c29-23-11-5-14-28(23)22-10-4-9-21(17-22)18-25-24(30)27-13-6-12-26(15-16-27)19-20-7-2-1-3-8-20/h4,9-10,17,20H,1-3,5-8,11-16,18-19H2,(H,25,30). The Hall–Kier alpha value is -2.08. The Kier molecular flexibility index (Phi) is 7.26. The molecule has 3 aliphatic rings. The van der Waals surface area contributed by atoms with Crippen molar-refractivity contribution in [2.45, 2.75) is 57.9 Å². The number of nitrogens with zero attached hydrogens (tertiary/aromatic N) is 3. The van der Waals surface area contributed by atoms with Gasteiger partial charge in [0.05, 0.1) is 0 Å². The minimum Gasteiger partial charge on any atom is -0.334 e. The Labute approximate surface area is 180 Å². The lowest BCUT2D eigenvalue weighted by molar-refractivity contribution is -0.117. The molecule has 3 amide bonds. The highest BCUT2D eigenvalue weighted by Crippen LogP contribution is 2.25. The number of urea groups is 1. The summed E-state index contributed by atoms with van der Waals surface area (Å²) in [6.45, 7) is 6.22. The predicted octanol–water partition coefficient (Wildman–Crippen LogP) is 3.61. The van der Waals surface area contributed by atoms with Crippen LogP contribution in [-0.2, 0) is 11.3 Å². The summed E-state index contributed by atoms with van der Waals surface area (Å²) in [5, 5.41) is 3.09. The highest BCUT2D eigenvalue weighted by Gasteiger charge is 2.23. The second kappa shape index (κ2) is 10.3. The lowest BCUT2D eigenvalue weighted by Gasteiger charge is -2.28. The van der Waals surface area contributed by atoms with Crippen molar-refractivity contribution >= 4 is 17.6 Å². The topological polar surface area (TPSA) is 55.9 Å². The van der Waals surface area contributed by atoms with E-state index in [0.717, 1.165) is 62.7 Å². The van der Waals surface area contributed by atoms with Gasteiger partial charge in [-0.15, -0.1) is 0 Å². The first-order chi connectivity index (χ1) is 14.7. The molecule has 30 heavy (non-hydrogen) atoms. The van der Waals surface area contributed by atoms with Crippen molar-refractivity contribution in [3.05, 3.63) is 29.8 Å². The maximum absolute atomic E-state index is 12.7. The zero-order valence-electron chi connectivity index (χ0n) is 18.2. The van der Waals surface area contributed by atoms with Crippen LogP contribution in [0.4, 0.5) is 10.5 Å². The van der Waals surface area contributed by atoms with Crippen LogP contribution < -0.4 is 10.2 Å². The average Bonchev–Trinajstić information content (AvgIpc) is 3.07. The minimum absolute atomic E-state index is 0.0252. The largest absolute Gasteiger partial charge is 0.334 e. The lowest BCUT2D eigenvalue weighted by Crippen LogP contribution is -2.42. The SMILES string of the molecule is O=C(NCc1cccc(N2CCCC2=O)c1)N1CCCN(CC2CCCCC2)CC1. The molecule has 164 valence electrons. The van der Waals surface area contributed by atoms with E-state index in [1.165, 1.54) is 38.6 Å². The van der Waals surface area contributed by atoms with E-state index in [0.29, 0.717) is 13.0 Å². The molecular formula is C24H36N4O2. The maximum atomic E-state index is 12.7. The molecule has 2 saturated heterocycles. The van der Waals surface area contributed by atoms with Crippen molar-refractivity contribution in [3.63, 3.8) is 0 Å². The molecule has 3 fully saturated rings. The molecule has 0 radical (unpaired) electrons. The van der Waals surface area contributed by atoms with Gasteiger partial charge in [0.1, 0.15) is 0 Å². The van der Waals surface area contributed by atoms with E-state index in [1.807, 2.05) is 34.1 Å². The van der Waals surface area contributed by atoms with Gasteiger partial charge in [-0.05, 0) is 55.8 Å². The normalized spacial score (nSPS) is 21.7. The van der Waals surface area contributed by atoms with Crippen molar-refractivity contribution < 1.29 is 9.59 Å². The van der Waals surface area contributed by atoms with Crippen molar-refractivity contribution in [1.29, 1.82) is 0 Å². The molecule has 0 bridgehead atoms. The molecule has 6 heteroatoms. The van der Waals surface area contributed by atoms with Crippen LogP contribution in [0, 0.1) is 5.92 Å². The molecule has 1 N–H and O–H groups in total. The highest BCUT2D eigenvalue weighted by atomic mass is 16.2. The smallest absolute Gasteiger partial charge is 0.317 e. The summed E-state index contributed by atoms with van der Waals surface area (Å²) in [6, 6.07) is 8.01. The molecule has 2 aliphatic heterocycles. The number of hydrogen-bond donors (Lipinski definition) is 1. The molecule has 1 aromatic rings. The Bertz CT molecular complexity index is 732. The summed E-state index contributed by atoms with van der Waals surface area (Å²) >= 11 is 0. The zero-order valence-corrected chi connectivity index (χ0v) is 18.2. The van der Waals surface area contributed by atoms with Gasteiger partial charge in [-0.1, -0.05) is 31.4 Å². The third kappa shape index (κ3) is 5.54. The van der Waals surface area contributed by atoms with Gasteiger partial charge in [0, 0.05) is 51.4 Å². The van der Waals surface area contributed by atoms with Crippen LogP contribution in [0.15, 0.2) is 24.3 Å². The summed E-state index contributed by atoms with van der Waals surface area (Å²) in [6.07, 6.45) is 9.54. The van der Waals surface area contributed by atoms with Gasteiger partial charge in [-0.3, -0.25) is 4.79 Å². The highest BCUT2D eigenvalue weighted by molar-refractivity contribution is 5.95. The van der Waals surface area contributed by atoms with Crippen molar-refractivity contribution in [3.8, 4) is 0 Å². The van der Waals surface area contributed by atoms with E-state index in [4.69, 9.17) is 0 Å². The van der Waals surface area contributed by atoms with E-state index in [1.54, 1.807) is 0 Å². The average molecular weight is 413 g/mol. The lowest BCUT2D eigenvalue weighted by atomic mass is 9.89. The van der Waals surface area contributed by atoms with Crippen LogP contribution in [0.25, 0.3) is 0 Å². The summed E-state index contributed by atoms with van der Waals surface area (Å²) < 4.78 is 0. The second-order valence-electron chi connectivity index (χ2n) is 9.12. The number of hydrogen-bond acceptors (Lipinski definition) is 3. The molecule has 4 rings (SSSR count). The van der Waals surface area contributed by atoms with Crippen LogP contribution in [-0.4, -0.2) is 61.0 Å². The Morgan fingerprint density at radius 3 is 2.63 bits per heavy atom. The molecule has 6 nitrogen and oxygen atoms in total. The van der Waals surface area contributed by atoms with Gasteiger partial charge >= 0.3 is 6.03 Å². The monoisotopic (exact) mass is 412 g/mol. The van der Waals surface area contributed by atoms with Gasteiger partial charge in [-0.2, -0.15) is 0 Å². The molecular weight excluding hydrogens is 376 g/mol. The van der Waals surface area contributed by atoms with E-state index < -0.39 is 0 Å². The fourth-order valence-corrected chi connectivity index (χ4v) is 5.14. The van der Waals surface area contributed by atoms with Gasteiger partial charge in [0.15, 0.2) is 0 Å². The van der Waals surface area contributed by atoms with E-state index in [2.05, 4.69) is 10.2 Å². The Morgan fingerprint density at radius 2 is 1.83 bits per heavy atom. The van der Waals surface area contributed by atoms with Crippen LogP contribution in [0.1, 0.15) is 56.9 Å². The molecule has 0 unspecified atom stereocenters. The van der Waals surface area contributed by atoms with Crippen molar-refractivity contribution in [2.24, 2.45) is 5.92 Å². The Balaban J connectivity index is 1.24. The number of rotatable bonds is 5. The first-order valence-corrected chi connectivity index (χ1v) is 11.8. The Morgan fingerprint density at radius 1 is 0.967 bits per heavy atom. The minimum atomic E-state index is 0.0252. The van der Waals surface area contributed by atoms with Gasteiger partial charge < -0.3 is 20.0 Å². The van der Waals surface area contributed by atoms with Crippen molar-refractivity contribution in [1.82, 2.24) is 15.1 Å². The van der Waals surface area contributed by atoms with Crippen LogP contribution in [0.2, 0.25) is 0 Å². The summed E-state index contributed by atoms with van der Waals surface area (Å²) in [7, 11) is 0. The molecule has 0 spiro atoms. The van der Waals surface area contributed by atoms with Crippen LogP contribution >= 0.6 is 0 Å². The third-order valence-corrected chi connectivity index (χ3v) is 6.86. The first-order valence-electron chi connectivity index (χ1n) is 11.8. The van der Waals surface area contributed by atoms with Crippen molar-refractivity contribution in [2.75, 3.05) is 44.2 Å². The number of carbonyl (C=O) groups is 2. The zero-order chi connectivity index (χ0) is 20.8. The summed E-state index contributed by atoms with van der Waals surface area (Å²) in [4.78, 5) is 31.1. The number of nitrogens with one attached hydrogen (secondary N) is 1. The third-order valence-electron chi connectivity index (χ3n) is 6.86. The molecule has 0 aromatic heterocycles. The number of benzene rings is 1. The van der Waals surface area contributed by atoms with E-state index in [9.17, 15) is 9.59 Å². The second-order valence-corrected chi connectivity index (χ2v) is 9.12. The summed E-state index contributed by atoms with van der Waals surface area (Å²) in [5.41, 5.74) is 1.98. The van der Waals surface area contributed by atoms with Gasteiger partial charge in [0.25, 0.3) is 0 Å². The maximum Gasteiger partial charge on any atom is 0.317 e. The molecule has 2 heterocycles. The number of amides is 3. The van der Waals surface area contributed by atoms with Crippen LogP contribution in [0.3, 0.4) is 0 Å². The quantitative estimate of drug-likeness (QED) is 0.804. The van der Waals surface area contributed by atoms with E-state index >= 15 is 0 Å². The van der Waals surface area contributed by atoms with Gasteiger partial charge in [-0.25, -0.2) is 4.79 Å².